The quantitative estimate of drug-likeness (QED) is 0.158. The zero-order valence-corrected chi connectivity index (χ0v) is 36.6. The van der Waals surface area contributed by atoms with E-state index in [4.69, 9.17) is 14.2 Å². The number of nitrogens with one attached hydrogen (secondary N) is 4. The minimum Gasteiger partial charge on any atom is -0.490 e. The normalized spacial score (nSPS) is 18.9. The Morgan fingerprint density at radius 2 is 1.00 bits per heavy atom. The number of carbonyl (C=O) groups is 8. The van der Waals surface area contributed by atoms with Gasteiger partial charge in [-0.2, -0.15) is 0 Å². The van der Waals surface area contributed by atoms with E-state index in [-0.39, 0.29) is 33.4 Å². The summed E-state index contributed by atoms with van der Waals surface area (Å²) in [5, 5.41) is 8.78. The Labute approximate surface area is 383 Å². The number of carbonyl (C=O) groups excluding carboxylic acids is 8. The van der Waals surface area contributed by atoms with Gasteiger partial charge in [-0.25, -0.2) is 0 Å². The van der Waals surface area contributed by atoms with Crippen molar-refractivity contribution in [2.24, 2.45) is 0 Å². The molecule has 10 rings (SSSR count). The molecule has 6 aliphatic rings. The number of fused-ring (bicyclic) bond motifs is 3. The van der Waals surface area contributed by atoms with Crippen LogP contribution in [0.25, 0.3) is 18.2 Å². The number of hydrogen-bond acceptors (Lipinski definition) is 15. The molecular weight excluding hydrogens is 897 g/mol. The molecule has 0 saturated carbocycles. The average molecular weight is 933 g/mol. The predicted molar refractivity (Wildman–Crippen MR) is 248 cm³/mol. The van der Waals surface area contributed by atoms with Gasteiger partial charge in [0.05, 0.1) is 44.9 Å². The molecule has 6 aliphatic heterocycles. The number of benzene rings is 4. The van der Waals surface area contributed by atoms with Crippen LogP contribution in [0, 0.1) is 0 Å². The van der Waals surface area contributed by atoms with Crippen molar-refractivity contribution in [2.75, 3.05) is 54.6 Å². The van der Waals surface area contributed by atoms with Gasteiger partial charge in [-0.3, -0.25) is 54.3 Å². The molecule has 0 spiro atoms. The lowest BCUT2D eigenvalue weighted by molar-refractivity contribution is -0.117. The molecule has 4 N–H and O–H groups in total. The largest absolute Gasteiger partial charge is 0.490 e. The van der Waals surface area contributed by atoms with Gasteiger partial charge >= 0.3 is 0 Å². The maximum absolute atomic E-state index is 12.9. The Morgan fingerprint density at radius 3 is 1.48 bits per heavy atom. The van der Waals surface area contributed by atoms with Crippen LogP contribution in [-0.2, 0) is 19.2 Å². The summed E-state index contributed by atoms with van der Waals surface area (Å²) >= 11 is 2.64. The van der Waals surface area contributed by atoms with Crippen molar-refractivity contribution >= 4 is 116 Å². The van der Waals surface area contributed by atoms with E-state index in [1.165, 1.54) is 6.92 Å². The van der Waals surface area contributed by atoms with E-state index >= 15 is 0 Å². The van der Waals surface area contributed by atoms with Crippen molar-refractivity contribution in [3.63, 3.8) is 0 Å². The number of imide groups is 3. The van der Waals surface area contributed by atoms with Crippen LogP contribution in [0.4, 0.5) is 31.4 Å². The number of ether oxygens (including phenoxy) is 3. The van der Waals surface area contributed by atoms with Crippen LogP contribution in [0.2, 0.25) is 0 Å². The SMILES string of the molecule is CC(=O)N1CCOc2ccc(C=C3SC(=O)NC3=O)cc21.O=C1NC(=O)C(=Cc2ccc3c(c2)N(C(=O)c2ccccc2)CCO3)S1.O=C1NC(=O)C(=Cc2ccc3c(c2)NCCO3)S1. The lowest BCUT2D eigenvalue weighted by atomic mass is 10.1. The second kappa shape index (κ2) is 19.6. The van der Waals surface area contributed by atoms with E-state index < -0.39 is 11.8 Å². The Bertz CT molecular complexity index is 2780. The van der Waals surface area contributed by atoms with Crippen LogP contribution in [-0.4, -0.2) is 84.7 Å². The van der Waals surface area contributed by atoms with Gasteiger partial charge < -0.3 is 29.3 Å². The van der Waals surface area contributed by atoms with E-state index in [1.807, 2.05) is 36.4 Å². The smallest absolute Gasteiger partial charge is 0.290 e. The third-order valence-electron chi connectivity index (χ3n) is 9.84. The van der Waals surface area contributed by atoms with Gasteiger partial charge in [0.15, 0.2) is 0 Å². The molecule has 0 aliphatic carbocycles. The maximum atomic E-state index is 12.9. The van der Waals surface area contributed by atoms with Crippen LogP contribution < -0.4 is 45.3 Å². The summed E-state index contributed by atoms with van der Waals surface area (Å²) in [6, 6.07) is 25.3. The van der Waals surface area contributed by atoms with Gasteiger partial charge in [-0.1, -0.05) is 36.4 Å². The van der Waals surface area contributed by atoms with Crippen LogP contribution in [0.5, 0.6) is 17.2 Å². The lowest BCUT2D eigenvalue weighted by Crippen LogP contribution is -2.38. The summed E-state index contributed by atoms with van der Waals surface area (Å²) in [7, 11) is 0. The van der Waals surface area contributed by atoms with Crippen molar-refractivity contribution in [3.8, 4) is 17.2 Å². The molecule has 20 heteroatoms. The highest BCUT2D eigenvalue weighted by Crippen LogP contribution is 2.37. The van der Waals surface area contributed by atoms with Crippen molar-refractivity contribution in [3.05, 3.63) is 122 Å². The average Bonchev–Trinajstić information content (AvgIpc) is 3.93. The Morgan fingerprint density at radius 1 is 0.554 bits per heavy atom. The minimum absolute atomic E-state index is 0.0625. The Balaban J connectivity index is 0.000000135. The molecule has 4 aromatic rings. The van der Waals surface area contributed by atoms with Gasteiger partial charge in [0.2, 0.25) is 5.91 Å². The molecule has 0 bridgehead atoms. The predicted octanol–water partition coefficient (Wildman–Crippen LogP) is 6.62. The highest BCUT2D eigenvalue weighted by Gasteiger charge is 2.29. The topological polar surface area (TPSA) is 219 Å². The van der Waals surface area contributed by atoms with Gasteiger partial charge in [-0.05, 0) is 119 Å². The van der Waals surface area contributed by atoms with E-state index in [2.05, 4.69) is 21.3 Å². The van der Waals surface area contributed by atoms with Crippen LogP contribution in [0.3, 0.4) is 0 Å². The van der Waals surface area contributed by atoms with Crippen molar-refractivity contribution in [2.45, 2.75) is 6.92 Å². The molecule has 0 atom stereocenters. The van der Waals surface area contributed by atoms with E-state index in [0.717, 1.165) is 64.4 Å². The molecule has 330 valence electrons. The van der Waals surface area contributed by atoms with E-state index in [1.54, 1.807) is 76.6 Å². The third-order valence-corrected chi connectivity index (χ3v) is 12.3. The molecule has 0 aromatic heterocycles. The second-order valence-corrected chi connectivity index (χ2v) is 17.3. The fourth-order valence-electron chi connectivity index (χ4n) is 6.89. The number of thioether (sulfide) groups is 3. The number of rotatable bonds is 4. The number of amides is 8. The molecule has 0 unspecified atom stereocenters. The van der Waals surface area contributed by atoms with Crippen LogP contribution >= 0.6 is 35.3 Å². The first kappa shape index (κ1) is 44.3. The molecule has 3 saturated heterocycles. The van der Waals surface area contributed by atoms with Crippen molar-refractivity contribution < 1.29 is 52.6 Å². The fraction of sp³-hybridized carbons (Fsp3) is 0.156. The number of anilines is 3. The highest BCUT2D eigenvalue weighted by molar-refractivity contribution is 8.19. The standard InChI is InChI=1S/C19H14N2O4S.C14H12N2O4S.C12H10N2O3S/c22-17-16(26-19(24)20-17)11-12-6-7-15-14(10-12)21(8-9-25-15)18(23)13-4-2-1-3-5-13;1-8(17)16-4-5-20-11-3-2-9(6-10(11)16)7-12-13(18)15-14(19)21-12;15-11-10(18-12(16)14-11)6-7-1-2-9-8(5-7)13-3-4-17-9/h1-7,10-11H,8-9H2,(H,20,22,24);2-3,6-7H,4-5H2,1H3,(H,15,18,19);1-2,5-6,13H,3-4H2,(H,14,15,16). The fourth-order valence-corrected chi connectivity index (χ4v) is 8.94. The summed E-state index contributed by atoms with van der Waals surface area (Å²) in [5.41, 5.74) is 5.14. The summed E-state index contributed by atoms with van der Waals surface area (Å²) in [4.78, 5) is 97.1. The molecule has 8 amide bonds. The van der Waals surface area contributed by atoms with Crippen molar-refractivity contribution in [1.82, 2.24) is 16.0 Å². The summed E-state index contributed by atoms with van der Waals surface area (Å²) in [5.74, 6) is 0.736. The second-order valence-electron chi connectivity index (χ2n) is 14.2. The molecule has 0 radical (unpaired) electrons. The summed E-state index contributed by atoms with van der Waals surface area (Å²) in [6.45, 7) is 4.73. The first-order valence-electron chi connectivity index (χ1n) is 19.8. The molecule has 4 aromatic carbocycles. The Kier molecular flexibility index (Phi) is 13.4. The first-order chi connectivity index (χ1) is 31.4. The van der Waals surface area contributed by atoms with Crippen LogP contribution in [0.1, 0.15) is 34.0 Å². The molecule has 3 fully saturated rings. The summed E-state index contributed by atoms with van der Waals surface area (Å²) in [6.07, 6.45) is 4.95. The van der Waals surface area contributed by atoms with Gasteiger partial charge in [0.1, 0.15) is 37.1 Å². The van der Waals surface area contributed by atoms with Gasteiger partial charge in [-0.15, -0.1) is 0 Å². The molecule has 65 heavy (non-hydrogen) atoms. The molecular formula is C45H36N6O11S3. The lowest BCUT2D eigenvalue weighted by Gasteiger charge is -2.30. The van der Waals surface area contributed by atoms with E-state index in [9.17, 15) is 38.4 Å². The maximum Gasteiger partial charge on any atom is 0.290 e. The monoisotopic (exact) mass is 932 g/mol. The third kappa shape index (κ3) is 10.6. The zero-order chi connectivity index (χ0) is 45.6. The van der Waals surface area contributed by atoms with Gasteiger partial charge in [0, 0.05) is 19.0 Å². The number of hydrogen-bond donors (Lipinski definition) is 4. The Hall–Kier alpha value is -7.29. The summed E-state index contributed by atoms with van der Waals surface area (Å²) < 4.78 is 16.6. The zero-order valence-electron chi connectivity index (χ0n) is 34.2. The van der Waals surface area contributed by atoms with Crippen LogP contribution in [0.15, 0.2) is 99.6 Å². The van der Waals surface area contributed by atoms with E-state index in [0.29, 0.717) is 81.6 Å². The first-order valence-corrected chi connectivity index (χ1v) is 22.3. The van der Waals surface area contributed by atoms with Crippen molar-refractivity contribution in [1.29, 1.82) is 0 Å². The minimum atomic E-state index is -0.411. The number of nitrogens with zero attached hydrogens (tertiary/aromatic N) is 2. The molecule has 17 nitrogen and oxygen atoms in total. The molecule has 6 heterocycles. The highest BCUT2D eigenvalue weighted by atomic mass is 32.2. The van der Waals surface area contributed by atoms with Gasteiger partial charge in [0.25, 0.3) is 39.3 Å².